The lowest BCUT2D eigenvalue weighted by Crippen LogP contribution is -2.10. The van der Waals surface area contributed by atoms with E-state index < -0.39 is 4.92 Å². The molecule has 0 aromatic heterocycles. The lowest BCUT2D eigenvalue weighted by molar-refractivity contribution is -0.385. The third kappa shape index (κ3) is 3.82. The topological polar surface area (TPSA) is 110 Å². The summed E-state index contributed by atoms with van der Waals surface area (Å²) < 4.78 is 0.318. The van der Waals surface area contributed by atoms with Crippen molar-refractivity contribution in [2.24, 2.45) is 5.73 Å². The van der Waals surface area contributed by atoms with Gasteiger partial charge in [0.15, 0.2) is 11.0 Å². The number of nitrogens with one attached hydrogen (secondary N) is 1. The molecule has 0 fully saturated rings. The minimum atomic E-state index is -0.570. The van der Waals surface area contributed by atoms with Gasteiger partial charge in [0, 0.05) is 11.6 Å². The van der Waals surface area contributed by atoms with Gasteiger partial charge >= 0.3 is 0 Å². The van der Waals surface area contributed by atoms with Gasteiger partial charge < -0.3 is 5.73 Å². The van der Waals surface area contributed by atoms with Crippen LogP contribution in [0.25, 0.3) is 0 Å². The molecule has 0 unspecified atom stereocenters. The number of nitro benzene ring substituents is 1. The van der Waals surface area contributed by atoms with Crippen LogP contribution in [0.5, 0.6) is 0 Å². The minimum Gasteiger partial charge on any atom is -0.379 e. The number of carbonyl (C=O) groups is 1. The maximum atomic E-state index is 11.6. The summed E-state index contributed by atoms with van der Waals surface area (Å²) in [6, 6.07) is 4.14. The van der Waals surface area contributed by atoms with E-state index >= 15 is 0 Å². The number of benzene rings is 1. The molecule has 0 radical (unpaired) electrons. The molecule has 1 rings (SSSR count). The van der Waals surface area contributed by atoms with E-state index in [2.05, 4.69) is 15.9 Å². The van der Waals surface area contributed by atoms with E-state index in [9.17, 15) is 14.9 Å². The fraction of sp³-hybridized carbons (Fsp3) is 0.111. The highest BCUT2D eigenvalue weighted by molar-refractivity contribution is 9.10. The molecule has 8 heteroatoms. The molecule has 1 aromatic rings. The predicted octanol–water partition coefficient (Wildman–Crippen LogP) is 2.17. The second kappa shape index (κ2) is 5.78. The Labute approximate surface area is 109 Å². The smallest absolute Gasteiger partial charge is 0.284 e. The number of hydrogen-bond acceptors (Lipinski definition) is 5. The number of nitrogens with zero attached hydrogens (tertiary/aromatic N) is 1. The van der Waals surface area contributed by atoms with Crippen LogP contribution in [-0.4, -0.2) is 21.6 Å². The number of halogens is 1. The Hall–Kier alpha value is -1.41. The average molecular weight is 318 g/mol. The number of nitrogens with two attached hydrogens (primary N) is 1. The van der Waals surface area contributed by atoms with Crippen LogP contribution >= 0.6 is 27.7 Å². The van der Waals surface area contributed by atoms with Crippen molar-refractivity contribution in [3.8, 4) is 0 Å². The zero-order valence-corrected chi connectivity index (χ0v) is 10.9. The van der Waals surface area contributed by atoms with Crippen LogP contribution in [0, 0.1) is 15.5 Å². The molecule has 0 saturated heterocycles. The Morgan fingerprint density at radius 2 is 2.24 bits per heavy atom. The van der Waals surface area contributed by atoms with Gasteiger partial charge in [-0.15, -0.1) is 0 Å². The number of Topliss-reactive ketones (excluding diaryl/α,β-unsaturated/α-hetero) is 1. The van der Waals surface area contributed by atoms with Crippen molar-refractivity contribution in [1.29, 1.82) is 5.41 Å². The van der Waals surface area contributed by atoms with E-state index in [0.717, 1.165) is 11.8 Å². The lowest BCUT2D eigenvalue weighted by atomic mass is 10.1. The van der Waals surface area contributed by atoms with Gasteiger partial charge in [-0.1, -0.05) is 11.8 Å². The Kier molecular flexibility index (Phi) is 4.64. The first kappa shape index (κ1) is 13.7. The zero-order valence-electron chi connectivity index (χ0n) is 8.47. The quantitative estimate of drug-likeness (QED) is 0.291. The third-order valence-corrected chi connectivity index (χ3v) is 3.21. The van der Waals surface area contributed by atoms with Gasteiger partial charge in [0.2, 0.25) is 0 Å². The number of thioether (sulfide) groups is 1. The second-order valence-electron chi connectivity index (χ2n) is 3.00. The van der Waals surface area contributed by atoms with E-state index in [1.807, 2.05) is 0 Å². The van der Waals surface area contributed by atoms with Gasteiger partial charge in [-0.3, -0.25) is 20.3 Å². The molecule has 17 heavy (non-hydrogen) atoms. The Morgan fingerprint density at radius 1 is 1.59 bits per heavy atom. The molecule has 0 heterocycles. The standard InChI is InChI=1S/C9H8BrN3O3S/c10-6-2-1-5(3-7(6)13(15)16)8(14)4-17-9(11)12/h1-3H,4H2,(H3,11,12). The monoisotopic (exact) mass is 317 g/mol. The molecule has 1 aromatic carbocycles. The van der Waals surface area contributed by atoms with Crippen molar-refractivity contribution in [3.63, 3.8) is 0 Å². The molecule has 0 bridgehead atoms. The van der Waals surface area contributed by atoms with Crippen LogP contribution in [-0.2, 0) is 0 Å². The number of rotatable bonds is 4. The molecule has 6 nitrogen and oxygen atoms in total. The van der Waals surface area contributed by atoms with Crippen LogP contribution in [0.15, 0.2) is 22.7 Å². The molecule has 0 spiro atoms. The van der Waals surface area contributed by atoms with E-state index in [-0.39, 0.29) is 28.0 Å². The summed E-state index contributed by atoms with van der Waals surface area (Å²) in [5, 5.41) is 17.5. The fourth-order valence-corrected chi connectivity index (χ4v) is 1.90. The summed E-state index contributed by atoms with van der Waals surface area (Å²) in [4.78, 5) is 21.7. The van der Waals surface area contributed by atoms with Crippen molar-refractivity contribution in [1.82, 2.24) is 0 Å². The van der Waals surface area contributed by atoms with Gasteiger partial charge in [0.25, 0.3) is 5.69 Å². The van der Waals surface area contributed by atoms with Crippen molar-refractivity contribution in [2.45, 2.75) is 0 Å². The van der Waals surface area contributed by atoms with Crippen LogP contribution in [0.4, 0.5) is 5.69 Å². The van der Waals surface area contributed by atoms with E-state index in [4.69, 9.17) is 11.1 Å². The van der Waals surface area contributed by atoms with Crippen molar-refractivity contribution < 1.29 is 9.72 Å². The van der Waals surface area contributed by atoms with Gasteiger partial charge in [-0.05, 0) is 28.1 Å². The van der Waals surface area contributed by atoms with Crippen molar-refractivity contribution >= 4 is 44.3 Å². The number of ketones is 1. The molecular formula is C9H8BrN3O3S. The number of hydrogen-bond donors (Lipinski definition) is 2. The number of nitro groups is 1. The molecular weight excluding hydrogens is 310 g/mol. The summed E-state index contributed by atoms with van der Waals surface area (Å²) >= 11 is 3.91. The highest BCUT2D eigenvalue weighted by Crippen LogP contribution is 2.26. The van der Waals surface area contributed by atoms with Crippen molar-refractivity contribution in [3.05, 3.63) is 38.3 Å². The van der Waals surface area contributed by atoms with Crippen LogP contribution < -0.4 is 5.73 Å². The Balaban J connectivity index is 2.92. The van der Waals surface area contributed by atoms with Crippen LogP contribution in [0.2, 0.25) is 0 Å². The molecule has 90 valence electrons. The molecule has 0 aliphatic carbocycles. The zero-order chi connectivity index (χ0) is 13.0. The summed E-state index contributed by atoms with van der Waals surface area (Å²) in [6.45, 7) is 0. The highest BCUT2D eigenvalue weighted by Gasteiger charge is 2.16. The van der Waals surface area contributed by atoms with Crippen LogP contribution in [0.1, 0.15) is 10.4 Å². The van der Waals surface area contributed by atoms with Crippen molar-refractivity contribution in [2.75, 3.05) is 5.75 Å². The molecule has 0 aliphatic heterocycles. The fourth-order valence-electron chi connectivity index (χ4n) is 1.05. The SMILES string of the molecule is N=C(N)SCC(=O)c1ccc(Br)c([N+](=O)[O-])c1. The Morgan fingerprint density at radius 3 is 2.76 bits per heavy atom. The Bertz CT molecular complexity index is 492. The molecule has 0 amide bonds. The molecule has 0 saturated carbocycles. The summed E-state index contributed by atoms with van der Waals surface area (Å²) in [7, 11) is 0. The first-order valence-electron chi connectivity index (χ1n) is 4.35. The van der Waals surface area contributed by atoms with E-state index in [1.165, 1.54) is 18.2 Å². The van der Waals surface area contributed by atoms with Gasteiger partial charge in [0.05, 0.1) is 15.1 Å². The maximum Gasteiger partial charge on any atom is 0.284 e. The second-order valence-corrected chi connectivity index (χ2v) is 4.87. The average Bonchev–Trinajstić information content (AvgIpc) is 2.26. The third-order valence-electron chi connectivity index (χ3n) is 1.82. The lowest BCUT2D eigenvalue weighted by Gasteiger charge is -2.01. The first-order chi connectivity index (χ1) is 7.91. The molecule has 0 atom stereocenters. The number of carbonyl (C=O) groups excluding carboxylic acids is 1. The summed E-state index contributed by atoms with van der Waals surface area (Å²) in [5.74, 6) is -0.311. The van der Waals surface area contributed by atoms with E-state index in [0.29, 0.717) is 4.47 Å². The van der Waals surface area contributed by atoms with Crippen LogP contribution in [0.3, 0.4) is 0 Å². The molecule has 0 aliphatic rings. The molecule has 3 N–H and O–H groups in total. The summed E-state index contributed by atoms with van der Waals surface area (Å²) in [6.07, 6.45) is 0. The predicted molar refractivity (Wildman–Crippen MR) is 69.5 cm³/mol. The highest BCUT2D eigenvalue weighted by atomic mass is 79.9. The minimum absolute atomic E-state index is 0.00583. The largest absolute Gasteiger partial charge is 0.379 e. The van der Waals surface area contributed by atoms with E-state index in [1.54, 1.807) is 0 Å². The first-order valence-corrected chi connectivity index (χ1v) is 6.13. The summed E-state index contributed by atoms with van der Waals surface area (Å²) in [5.41, 5.74) is 5.17. The maximum absolute atomic E-state index is 11.6. The van der Waals surface area contributed by atoms with Gasteiger partial charge in [-0.2, -0.15) is 0 Å². The van der Waals surface area contributed by atoms with Gasteiger partial charge in [-0.25, -0.2) is 0 Å². The number of amidine groups is 1. The normalized spacial score (nSPS) is 9.94. The van der Waals surface area contributed by atoms with Gasteiger partial charge in [0.1, 0.15) is 0 Å².